The van der Waals surface area contributed by atoms with E-state index in [1.54, 1.807) is 0 Å². The van der Waals surface area contributed by atoms with Crippen LogP contribution in [0.3, 0.4) is 0 Å². The summed E-state index contributed by atoms with van der Waals surface area (Å²) in [4.78, 5) is 3.67. The second kappa shape index (κ2) is 4.22. The van der Waals surface area contributed by atoms with E-state index in [0.717, 1.165) is 6.07 Å². The van der Waals surface area contributed by atoms with Gasteiger partial charge < -0.3 is 0 Å². The SMILES string of the molecule is Fc1ccc(Br)c2nc(C(F)F)cc(Cl)c12. The van der Waals surface area contributed by atoms with Gasteiger partial charge in [0.25, 0.3) is 6.43 Å². The Morgan fingerprint density at radius 1 is 1.31 bits per heavy atom. The van der Waals surface area contributed by atoms with Gasteiger partial charge in [-0.05, 0) is 34.1 Å². The molecule has 0 unspecified atom stereocenters. The molecule has 0 saturated carbocycles. The number of aromatic nitrogens is 1. The largest absolute Gasteiger partial charge is 0.280 e. The van der Waals surface area contributed by atoms with Crippen LogP contribution in [0, 0.1) is 5.82 Å². The molecule has 0 aliphatic rings. The lowest BCUT2D eigenvalue weighted by Crippen LogP contribution is -1.94. The quantitative estimate of drug-likeness (QED) is 0.742. The van der Waals surface area contributed by atoms with Gasteiger partial charge in [0.2, 0.25) is 0 Å². The third kappa shape index (κ3) is 1.89. The van der Waals surface area contributed by atoms with Crippen molar-refractivity contribution in [1.82, 2.24) is 4.98 Å². The monoisotopic (exact) mass is 309 g/mol. The van der Waals surface area contributed by atoms with Crippen LogP contribution in [0.25, 0.3) is 10.9 Å². The van der Waals surface area contributed by atoms with E-state index in [0.29, 0.717) is 4.47 Å². The third-order valence-corrected chi connectivity index (χ3v) is 2.99. The highest BCUT2D eigenvalue weighted by Gasteiger charge is 2.16. The lowest BCUT2D eigenvalue weighted by molar-refractivity contribution is 0.146. The number of benzene rings is 1. The van der Waals surface area contributed by atoms with E-state index >= 15 is 0 Å². The van der Waals surface area contributed by atoms with Crippen LogP contribution in [-0.2, 0) is 0 Å². The van der Waals surface area contributed by atoms with E-state index in [-0.39, 0.29) is 15.9 Å². The summed E-state index contributed by atoms with van der Waals surface area (Å²) in [6.07, 6.45) is -2.74. The first kappa shape index (κ1) is 11.7. The Bertz CT molecular complexity index is 559. The van der Waals surface area contributed by atoms with Crippen LogP contribution >= 0.6 is 27.5 Å². The van der Waals surface area contributed by atoms with Crippen molar-refractivity contribution in [1.29, 1.82) is 0 Å². The van der Waals surface area contributed by atoms with Crippen molar-refractivity contribution in [3.63, 3.8) is 0 Å². The number of alkyl halides is 2. The van der Waals surface area contributed by atoms with Gasteiger partial charge in [0, 0.05) is 4.47 Å². The van der Waals surface area contributed by atoms with Crippen molar-refractivity contribution in [2.24, 2.45) is 0 Å². The predicted octanol–water partition coefficient (Wildman–Crippen LogP) is 4.73. The van der Waals surface area contributed by atoms with Gasteiger partial charge in [-0.1, -0.05) is 11.6 Å². The molecule has 1 nitrogen and oxygen atoms in total. The van der Waals surface area contributed by atoms with Gasteiger partial charge in [0.05, 0.1) is 15.9 Å². The van der Waals surface area contributed by atoms with E-state index < -0.39 is 17.9 Å². The molecule has 84 valence electrons. The standard InChI is InChI=1S/C10H4BrClF3N/c11-4-1-2-6(13)8-5(12)3-7(10(14)15)16-9(4)8/h1-3,10H. The summed E-state index contributed by atoms with van der Waals surface area (Å²) >= 11 is 8.87. The Morgan fingerprint density at radius 2 is 2.00 bits per heavy atom. The molecule has 1 heterocycles. The van der Waals surface area contributed by atoms with Crippen molar-refractivity contribution < 1.29 is 13.2 Å². The molecule has 0 N–H and O–H groups in total. The lowest BCUT2D eigenvalue weighted by Gasteiger charge is -2.06. The summed E-state index contributed by atoms with van der Waals surface area (Å²) < 4.78 is 38.8. The van der Waals surface area contributed by atoms with Crippen LogP contribution in [0.1, 0.15) is 12.1 Å². The van der Waals surface area contributed by atoms with Gasteiger partial charge in [-0.25, -0.2) is 18.2 Å². The number of hydrogen-bond donors (Lipinski definition) is 0. The molecule has 2 rings (SSSR count). The molecule has 2 aromatic rings. The topological polar surface area (TPSA) is 12.9 Å². The third-order valence-electron chi connectivity index (χ3n) is 2.06. The number of halogens is 5. The Labute approximate surface area is 102 Å². The maximum atomic E-state index is 13.4. The van der Waals surface area contributed by atoms with Crippen LogP contribution < -0.4 is 0 Å². The van der Waals surface area contributed by atoms with Gasteiger partial charge in [0.1, 0.15) is 11.5 Å². The van der Waals surface area contributed by atoms with E-state index in [1.165, 1.54) is 12.1 Å². The molecule has 0 spiro atoms. The summed E-state index contributed by atoms with van der Waals surface area (Å²) in [6, 6.07) is 3.57. The molecular weight excluding hydrogens is 306 g/mol. The Kier molecular flexibility index (Phi) is 3.08. The molecule has 0 bridgehead atoms. The average molecular weight is 311 g/mol. The summed E-state index contributed by atoms with van der Waals surface area (Å²) in [5, 5.41) is -0.0282. The summed E-state index contributed by atoms with van der Waals surface area (Å²) in [5.74, 6) is -0.587. The van der Waals surface area contributed by atoms with Crippen LogP contribution in [0.4, 0.5) is 13.2 Å². The van der Waals surface area contributed by atoms with Gasteiger partial charge in [-0.2, -0.15) is 0 Å². The second-order valence-electron chi connectivity index (χ2n) is 3.08. The van der Waals surface area contributed by atoms with Crippen LogP contribution in [-0.4, -0.2) is 4.98 Å². The summed E-state index contributed by atoms with van der Waals surface area (Å²) in [5.41, 5.74) is -0.369. The lowest BCUT2D eigenvalue weighted by atomic mass is 10.2. The second-order valence-corrected chi connectivity index (χ2v) is 4.34. The van der Waals surface area contributed by atoms with Gasteiger partial charge >= 0.3 is 0 Å². The number of hydrogen-bond acceptors (Lipinski definition) is 1. The van der Waals surface area contributed by atoms with Gasteiger partial charge in [-0.3, -0.25) is 0 Å². The van der Waals surface area contributed by atoms with Crippen molar-refractivity contribution in [2.75, 3.05) is 0 Å². The minimum absolute atomic E-state index is 0.0421. The van der Waals surface area contributed by atoms with E-state index in [2.05, 4.69) is 20.9 Å². The maximum absolute atomic E-state index is 13.4. The molecular formula is C10H4BrClF3N. The predicted molar refractivity (Wildman–Crippen MR) is 59.4 cm³/mol. The first-order valence-electron chi connectivity index (χ1n) is 4.23. The normalized spacial score (nSPS) is 11.4. The molecule has 0 radical (unpaired) electrons. The van der Waals surface area contributed by atoms with Crippen molar-refractivity contribution in [2.45, 2.75) is 6.43 Å². The number of rotatable bonds is 1. The van der Waals surface area contributed by atoms with Crippen molar-refractivity contribution >= 4 is 38.4 Å². The highest BCUT2D eigenvalue weighted by atomic mass is 79.9. The number of nitrogens with zero attached hydrogens (tertiary/aromatic N) is 1. The Hall–Kier alpha value is -0.810. The first-order chi connectivity index (χ1) is 7.50. The summed E-state index contributed by atoms with van der Waals surface area (Å²) in [6.45, 7) is 0. The minimum atomic E-state index is -2.74. The van der Waals surface area contributed by atoms with E-state index in [9.17, 15) is 13.2 Å². The molecule has 1 aromatic heterocycles. The van der Waals surface area contributed by atoms with Crippen LogP contribution in [0.15, 0.2) is 22.7 Å². The number of pyridine rings is 1. The maximum Gasteiger partial charge on any atom is 0.280 e. The first-order valence-corrected chi connectivity index (χ1v) is 5.40. The summed E-state index contributed by atoms with van der Waals surface area (Å²) in [7, 11) is 0. The van der Waals surface area contributed by atoms with Gasteiger partial charge in [-0.15, -0.1) is 0 Å². The minimum Gasteiger partial charge on any atom is -0.245 e. The molecule has 0 amide bonds. The van der Waals surface area contributed by atoms with E-state index in [4.69, 9.17) is 11.6 Å². The van der Waals surface area contributed by atoms with Gasteiger partial charge in [0.15, 0.2) is 0 Å². The van der Waals surface area contributed by atoms with Crippen molar-refractivity contribution in [3.8, 4) is 0 Å². The molecule has 6 heteroatoms. The average Bonchev–Trinajstić information content (AvgIpc) is 2.22. The Balaban J connectivity index is 2.86. The fourth-order valence-corrected chi connectivity index (χ4v) is 2.06. The molecule has 0 atom stereocenters. The smallest absolute Gasteiger partial charge is 0.245 e. The Morgan fingerprint density at radius 3 is 2.62 bits per heavy atom. The molecule has 0 aliphatic carbocycles. The fraction of sp³-hybridized carbons (Fsp3) is 0.100. The van der Waals surface area contributed by atoms with Crippen LogP contribution in [0.5, 0.6) is 0 Å². The van der Waals surface area contributed by atoms with E-state index in [1.807, 2.05) is 0 Å². The molecule has 1 aromatic carbocycles. The zero-order valence-electron chi connectivity index (χ0n) is 7.65. The highest BCUT2D eigenvalue weighted by molar-refractivity contribution is 9.10. The zero-order valence-corrected chi connectivity index (χ0v) is 9.99. The molecule has 0 fully saturated rings. The van der Waals surface area contributed by atoms with Crippen molar-refractivity contribution in [3.05, 3.63) is 39.2 Å². The zero-order chi connectivity index (χ0) is 11.9. The molecule has 0 aliphatic heterocycles. The molecule has 16 heavy (non-hydrogen) atoms. The molecule has 0 saturated heterocycles. The highest BCUT2D eigenvalue weighted by Crippen LogP contribution is 2.33. The number of fused-ring (bicyclic) bond motifs is 1. The van der Waals surface area contributed by atoms with Crippen LogP contribution in [0.2, 0.25) is 5.02 Å². The fourth-order valence-electron chi connectivity index (χ4n) is 1.35.